The number of aromatic hydroxyl groups is 1. The second kappa shape index (κ2) is 11.5. The second-order valence-corrected chi connectivity index (χ2v) is 16.6. The van der Waals surface area contributed by atoms with Gasteiger partial charge in [-0.15, -0.1) is 0 Å². The number of fused-ring (bicyclic) bond motifs is 9. The number of hydrogen-bond acceptors (Lipinski definition) is 4. The third-order valence-corrected chi connectivity index (χ3v) is 13.7. The van der Waals surface area contributed by atoms with E-state index in [1.54, 1.807) is 0 Å². The van der Waals surface area contributed by atoms with Crippen LogP contribution in [0.5, 0.6) is 5.75 Å². The van der Waals surface area contributed by atoms with E-state index in [1.165, 1.54) is 73.0 Å². The minimum absolute atomic E-state index is 0.162. The molecule has 2 aromatic carbocycles. The molecule has 7 unspecified atom stereocenters. The first-order chi connectivity index (χ1) is 18.8. The quantitative estimate of drug-likeness (QED) is 0.269. The molecule has 6 bridgehead atoms. The van der Waals surface area contributed by atoms with E-state index in [4.69, 9.17) is 0 Å². The zero-order chi connectivity index (χ0) is 27.0. The van der Waals surface area contributed by atoms with Crippen molar-refractivity contribution in [2.24, 2.45) is 29.1 Å². The van der Waals surface area contributed by atoms with Crippen LogP contribution in [-0.2, 0) is 19.4 Å². The summed E-state index contributed by atoms with van der Waals surface area (Å²) in [4.78, 5) is 0. The molecule has 6 rings (SSSR count). The Morgan fingerprint density at radius 1 is 1.00 bits per heavy atom. The highest BCUT2D eigenvalue weighted by Crippen LogP contribution is 2.53. The predicted octanol–water partition coefficient (Wildman–Crippen LogP) is 8.96. The van der Waals surface area contributed by atoms with E-state index in [-0.39, 0.29) is 5.54 Å². The van der Waals surface area contributed by atoms with Crippen LogP contribution in [0, 0.1) is 29.1 Å². The number of phenolic OH excluding ortho intramolecular Hbond substituents is 1. The van der Waals surface area contributed by atoms with Crippen molar-refractivity contribution in [2.45, 2.75) is 95.9 Å². The Hall–Kier alpha value is -1.36. The molecule has 0 spiro atoms. The molecular formula is C35H47NOS2. The average molecular weight is 562 g/mol. The molecule has 2 nitrogen and oxygen atoms in total. The monoisotopic (exact) mass is 561 g/mol. The van der Waals surface area contributed by atoms with Gasteiger partial charge in [-0.1, -0.05) is 77.9 Å². The fraction of sp³-hybridized carbons (Fsp3) is 0.600. The number of rotatable bonds is 1. The van der Waals surface area contributed by atoms with Crippen molar-refractivity contribution in [2.75, 3.05) is 5.75 Å². The topological polar surface area (TPSA) is 32.3 Å². The zero-order valence-electron chi connectivity index (χ0n) is 24.1. The molecule has 210 valence electrons. The van der Waals surface area contributed by atoms with Crippen LogP contribution in [0.4, 0.5) is 0 Å². The molecule has 2 aromatic rings. The van der Waals surface area contributed by atoms with Crippen LogP contribution < -0.4 is 5.32 Å². The van der Waals surface area contributed by atoms with Crippen LogP contribution in [0.15, 0.2) is 54.6 Å². The molecule has 0 aromatic heterocycles. The van der Waals surface area contributed by atoms with Crippen molar-refractivity contribution < 1.29 is 5.11 Å². The zero-order valence-corrected chi connectivity index (χ0v) is 25.8. The maximum atomic E-state index is 10.8. The second-order valence-electron chi connectivity index (χ2n) is 14.0. The summed E-state index contributed by atoms with van der Waals surface area (Å²) >= 11 is 0. The standard InChI is InChI=1S/C35H47NOS2/c1-24-7-6-11-34(2,21-24)31-17-26-13-25-14-27(19-32(37)18-25)15-28-8-4-5-9-29(28)22-36-35(3)12-10-33(39-38-23-35)30(16-26)20-31/h4-6,8-9,11,14,18-19,24,26,30-31,33,36-37H,7,10,12-13,15-17,20-23H2,1-3H3. The minimum atomic E-state index is 0.162. The highest BCUT2D eigenvalue weighted by molar-refractivity contribution is 8.77. The van der Waals surface area contributed by atoms with E-state index in [0.717, 1.165) is 42.4 Å². The maximum absolute atomic E-state index is 10.8. The summed E-state index contributed by atoms with van der Waals surface area (Å²) in [6, 6.07) is 15.3. The van der Waals surface area contributed by atoms with Crippen LogP contribution in [0.25, 0.3) is 0 Å². The van der Waals surface area contributed by atoms with Gasteiger partial charge in [-0.25, -0.2) is 0 Å². The van der Waals surface area contributed by atoms with Crippen LogP contribution in [-0.4, -0.2) is 21.6 Å². The lowest BCUT2D eigenvalue weighted by atomic mass is 9.59. The molecular weight excluding hydrogens is 515 g/mol. The van der Waals surface area contributed by atoms with Gasteiger partial charge in [0.05, 0.1) is 0 Å². The van der Waals surface area contributed by atoms with Gasteiger partial charge >= 0.3 is 0 Å². The normalized spacial score (nSPS) is 37.2. The van der Waals surface area contributed by atoms with E-state index in [1.807, 2.05) is 12.1 Å². The van der Waals surface area contributed by atoms with Gasteiger partial charge in [0, 0.05) is 23.1 Å². The number of hydrogen-bond donors (Lipinski definition) is 2. The SMILES string of the molecule is CC1CC=CC(C)(C2CC3Cc4cc(O)cc(c4)Cc4ccccc4CNC4(C)CCC(SSC4)C(C3)C2)C1. The summed E-state index contributed by atoms with van der Waals surface area (Å²) in [5, 5.41) is 15.5. The molecule has 1 saturated carbocycles. The predicted molar refractivity (Wildman–Crippen MR) is 169 cm³/mol. The highest BCUT2D eigenvalue weighted by atomic mass is 33.1. The molecule has 2 aliphatic carbocycles. The average Bonchev–Trinajstić information content (AvgIpc) is 3.09. The van der Waals surface area contributed by atoms with Crippen molar-refractivity contribution in [3.63, 3.8) is 0 Å². The smallest absolute Gasteiger partial charge is 0.116 e. The summed E-state index contributed by atoms with van der Waals surface area (Å²) in [6.45, 7) is 8.37. The Labute approximate surface area is 244 Å². The third-order valence-electron chi connectivity index (χ3n) is 10.5. The Bertz CT molecular complexity index is 1190. The van der Waals surface area contributed by atoms with Crippen LogP contribution in [0.2, 0.25) is 0 Å². The van der Waals surface area contributed by atoms with Crippen molar-refractivity contribution >= 4 is 21.6 Å². The molecule has 39 heavy (non-hydrogen) atoms. The molecule has 0 radical (unpaired) electrons. The first kappa shape index (κ1) is 27.8. The van der Waals surface area contributed by atoms with Gasteiger partial charge in [0.2, 0.25) is 0 Å². The van der Waals surface area contributed by atoms with Gasteiger partial charge in [-0.2, -0.15) is 0 Å². The van der Waals surface area contributed by atoms with Gasteiger partial charge < -0.3 is 10.4 Å². The van der Waals surface area contributed by atoms with Gasteiger partial charge in [-0.3, -0.25) is 0 Å². The lowest BCUT2D eigenvalue weighted by Crippen LogP contribution is -2.44. The Morgan fingerprint density at radius 2 is 1.82 bits per heavy atom. The lowest BCUT2D eigenvalue weighted by molar-refractivity contribution is 0.0837. The van der Waals surface area contributed by atoms with Gasteiger partial charge in [0.15, 0.2) is 0 Å². The fourth-order valence-corrected chi connectivity index (χ4v) is 11.9. The van der Waals surface area contributed by atoms with Crippen LogP contribution >= 0.6 is 21.6 Å². The Morgan fingerprint density at radius 3 is 2.67 bits per heavy atom. The van der Waals surface area contributed by atoms with Gasteiger partial charge in [0.1, 0.15) is 5.75 Å². The number of phenols is 1. The molecule has 4 heteroatoms. The number of allylic oxidation sites excluding steroid dienone is 2. The minimum Gasteiger partial charge on any atom is -0.508 e. The molecule has 2 N–H and O–H groups in total. The summed E-state index contributed by atoms with van der Waals surface area (Å²) in [6.07, 6.45) is 16.2. The molecule has 4 aliphatic rings. The third kappa shape index (κ3) is 6.44. The summed E-state index contributed by atoms with van der Waals surface area (Å²) < 4.78 is 0. The van der Waals surface area contributed by atoms with Gasteiger partial charge in [0.25, 0.3) is 0 Å². The summed E-state index contributed by atoms with van der Waals surface area (Å²) in [5.41, 5.74) is 5.80. The lowest BCUT2D eigenvalue weighted by Gasteiger charge is -2.47. The van der Waals surface area contributed by atoms with E-state index in [9.17, 15) is 5.11 Å². The highest BCUT2D eigenvalue weighted by Gasteiger charge is 2.43. The fourth-order valence-electron chi connectivity index (χ4n) is 8.28. The van der Waals surface area contributed by atoms with Crippen molar-refractivity contribution in [3.8, 4) is 5.75 Å². The van der Waals surface area contributed by atoms with E-state index in [2.05, 4.69) is 90.2 Å². The molecule has 1 saturated heterocycles. The Balaban J connectivity index is 1.36. The number of nitrogens with one attached hydrogen (secondary N) is 1. The summed E-state index contributed by atoms with van der Waals surface area (Å²) in [5.74, 6) is 4.60. The van der Waals surface area contributed by atoms with E-state index >= 15 is 0 Å². The van der Waals surface area contributed by atoms with Crippen molar-refractivity contribution in [3.05, 3.63) is 76.9 Å². The molecule has 2 aliphatic heterocycles. The van der Waals surface area contributed by atoms with Gasteiger partial charge in [-0.05, 0) is 128 Å². The molecule has 7 atom stereocenters. The van der Waals surface area contributed by atoms with Crippen molar-refractivity contribution in [1.82, 2.24) is 5.32 Å². The van der Waals surface area contributed by atoms with Crippen molar-refractivity contribution in [1.29, 1.82) is 0 Å². The van der Waals surface area contributed by atoms with Crippen LogP contribution in [0.1, 0.15) is 88.0 Å². The Kier molecular flexibility index (Phi) is 8.19. The van der Waals surface area contributed by atoms with Crippen LogP contribution in [0.3, 0.4) is 0 Å². The first-order valence-corrected chi connectivity index (χ1v) is 17.7. The largest absolute Gasteiger partial charge is 0.508 e. The summed E-state index contributed by atoms with van der Waals surface area (Å²) in [7, 11) is 4.33. The number of benzene rings is 2. The van der Waals surface area contributed by atoms with E-state index in [0.29, 0.717) is 17.1 Å². The molecule has 2 fully saturated rings. The van der Waals surface area contributed by atoms with E-state index < -0.39 is 0 Å². The first-order valence-electron chi connectivity index (χ1n) is 15.4. The molecule has 0 amide bonds. The maximum Gasteiger partial charge on any atom is 0.116 e. The molecule has 2 heterocycles.